The van der Waals surface area contributed by atoms with Crippen molar-refractivity contribution >= 4 is 11.6 Å². The van der Waals surface area contributed by atoms with E-state index in [1.54, 1.807) is 18.2 Å². The van der Waals surface area contributed by atoms with Crippen LogP contribution in [0.15, 0.2) is 22.7 Å². The maximum Gasteiger partial charge on any atom is 0.264 e. The van der Waals surface area contributed by atoms with Crippen LogP contribution in [0.25, 0.3) is 0 Å². The minimum atomic E-state index is -0.139. The lowest BCUT2D eigenvalue weighted by atomic mass is 10.2. The molecule has 0 unspecified atom stereocenters. The van der Waals surface area contributed by atoms with Crippen LogP contribution in [0.1, 0.15) is 24.2 Å². The van der Waals surface area contributed by atoms with Crippen molar-refractivity contribution in [2.45, 2.75) is 26.6 Å². The van der Waals surface area contributed by atoms with Crippen LogP contribution in [-0.4, -0.2) is 15.2 Å². The summed E-state index contributed by atoms with van der Waals surface area (Å²) < 4.78 is 10.5. The van der Waals surface area contributed by atoms with Gasteiger partial charge in [-0.05, 0) is 6.07 Å². The Bertz CT molecular complexity index is 528. The van der Waals surface area contributed by atoms with E-state index in [2.05, 4.69) is 10.1 Å². The second kappa shape index (κ2) is 5.84. The van der Waals surface area contributed by atoms with E-state index >= 15 is 0 Å². The minimum Gasteiger partial charge on any atom is -0.482 e. The molecule has 18 heavy (non-hydrogen) atoms. The molecule has 96 valence electrons. The van der Waals surface area contributed by atoms with Gasteiger partial charge < -0.3 is 14.4 Å². The minimum absolute atomic E-state index is 0.129. The number of hydrogen-bond acceptors (Lipinski definition) is 5. The molecule has 0 fully saturated rings. The number of aryl methyl sites for hydroxylation is 1. The molecular weight excluding hydrogens is 256 g/mol. The van der Waals surface area contributed by atoms with Gasteiger partial charge >= 0.3 is 0 Å². The molecule has 5 nitrogen and oxygen atoms in total. The van der Waals surface area contributed by atoms with Gasteiger partial charge in [0.2, 0.25) is 0 Å². The van der Waals surface area contributed by atoms with Crippen molar-refractivity contribution in [3.63, 3.8) is 0 Å². The lowest BCUT2D eigenvalue weighted by Crippen LogP contribution is -2.00. The fourth-order valence-electron chi connectivity index (χ4n) is 1.47. The molecule has 1 heterocycles. The Morgan fingerprint density at radius 2 is 2.28 bits per heavy atom. The molecule has 0 saturated carbocycles. The fraction of sp³-hybridized carbons (Fsp3) is 0.333. The van der Waals surface area contributed by atoms with Crippen molar-refractivity contribution in [2.75, 3.05) is 0 Å². The second-order valence-electron chi connectivity index (χ2n) is 3.63. The van der Waals surface area contributed by atoms with Crippen molar-refractivity contribution in [1.29, 1.82) is 0 Å². The maximum atomic E-state index is 9.19. The largest absolute Gasteiger partial charge is 0.482 e. The molecule has 0 saturated heterocycles. The average molecular weight is 269 g/mol. The van der Waals surface area contributed by atoms with Gasteiger partial charge in [-0.15, -0.1) is 0 Å². The molecule has 0 atom stereocenters. The van der Waals surface area contributed by atoms with Crippen LogP contribution in [0.5, 0.6) is 5.75 Å². The average Bonchev–Trinajstić information content (AvgIpc) is 2.85. The van der Waals surface area contributed by atoms with Gasteiger partial charge in [0.15, 0.2) is 12.4 Å². The summed E-state index contributed by atoms with van der Waals surface area (Å²) in [5, 5.41) is 13.4. The number of nitrogens with zero attached hydrogens (tertiary/aromatic N) is 2. The van der Waals surface area contributed by atoms with Crippen LogP contribution in [0, 0.1) is 0 Å². The van der Waals surface area contributed by atoms with Crippen molar-refractivity contribution < 1.29 is 14.4 Å². The third kappa shape index (κ3) is 2.80. The van der Waals surface area contributed by atoms with Crippen molar-refractivity contribution in [2.24, 2.45) is 0 Å². The molecule has 1 aromatic heterocycles. The highest BCUT2D eigenvalue weighted by atomic mass is 35.5. The van der Waals surface area contributed by atoms with E-state index in [0.717, 1.165) is 0 Å². The van der Waals surface area contributed by atoms with Crippen LogP contribution in [-0.2, 0) is 19.6 Å². The van der Waals surface area contributed by atoms with Gasteiger partial charge in [0.05, 0.1) is 11.6 Å². The number of ether oxygens (including phenoxy) is 1. The van der Waals surface area contributed by atoms with Gasteiger partial charge in [0.1, 0.15) is 5.75 Å². The Balaban J connectivity index is 2.10. The molecule has 6 heteroatoms. The first kappa shape index (κ1) is 12.9. The number of aliphatic hydroxyl groups is 1. The summed E-state index contributed by atoms with van der Waals surface area (Å²) in [6.07, 6.45) is 0.706. The van der Waals surface area contributed by atoms with Gasteiger partial charge in [-0.25, -0.2) is 0 Å². The smallest absolute Gasteiger partial charge is 0.264 e. The molecule has 2 rings (SSSR count). The fourth-order valence-corrected chi connectivity index (χ4v) is 1.71. The van der Waals surface area contributed by atoms with Crippen LogP contribution in [0.3, 0.4) is 0 Å². The number of rotatable bonds is 5. The Hall–Kier alpha value is -1.59. The van der Waals surface area contributed by atoms with Crippen LogP contribution >= 0.6 is 11.6 Å². The third-order valence-electron chi connectivity index (χ3n) is 2.39. The first-order valence-corrected chi connectivity index (χ1v) is 5.95. The molecular formula is C12H13ClN2O3. The summed E-state index contributed by atoms with van der Waals surface area (Å²) >= 11 is 6.00. The summed E-state index contributed by atoms with van der Waals surface area (Å²) in [4.78, 5) is 4.12. The second-order valence-corrected chi connectivity index (χ2v) is 4.04. The zero-order chi connectivity index (χ0) is 13.0. The molecule has 1 N–H and O–H groups in total. The van der Waals surface area contributed by atoms with E-state index in [1.165, 1.54) is 0 Å². The molecule has 0 aliphatic heterocycles. The zero-order valence-corrected chi connectivity index (χ0v) is 10.6. The Kier molecular flexibility index (Phi) is 4.17. The van der Waals surface area contributed by atoms with E-state index in [1.807, 2.05) is 6.92 Å². The number of hydrogen-bond donors (Lipinski definition) is 1. The molecule has 0 aliphatic carbocycles. The molecule has 0 amide bonds. The number of benzene rings is 1. The van der Waals surface area contributed by atoms with E-state index < -0.39 is 0 Å². The first-order chi connectivity index (χ1) is 8.74. The Labute approximate surface area is 109 Å². The van der Waals surface area contributed by atoms with E-state index in [-0.39, 0.29) is 13.2 Å². The number of para-hydroxylation sites is 1. The summed E-state index contributed by atoms with van der Waals surface area (Å²) in [7, 11) is 0. The Morgan fingerprint density at radius 3 is 2.94 bits per heavy atom. The molecule has 0 radical (unpaired) electrons. The highest BCUT2D eigenvalue weighted by Gasteiger charge is 2.10. The van der Waals surface area contributed by atoms with E-state index in [4.69, 9.17) is 20.9 Å². The molecule has 0 bridgehead atoms. The molecule has 2 aromatic rings. The van der Waals surface area contributed by atoms with Gasteiger partial charge in [0.25, 0.3) is 5.89 Å². The van der Waals surface area contributed by atoms with Crippen molar-refractivity contribution in [3.8, 4) is 5.75 Å². The number of aromatic nitrogens is 2. The highest BCUT2D eigenvalue weighted by Crippen LogP contribution is 2.29. The normalized spacial score (nSPS) is 10.6. The standard InChI is InChI=1S/C12H13ClN2O3/c1-2-10-14-11(18-15-10)7-17-12-8(6-16)4-3-5-9(12)13/h3-5,16H,2,6-7H2,1H3. The van der Waals surface area contributed by atoms with Crippen molar-refractivity contribution in [3.05, 3.63) is 40.5 Å². The first-order valence-electron chi connectivity index (χ1n) is 5.57. The third-order valence-corrected chi connectivity index (χ3v) is 2.68. The van der Waals surface area contributed by atoms with Crippen LogP contribution < -0.4 is 4.74 Å². The zero-order valence-electron chi connectivity index (χ0n) is 9.89. The monoisotopic (exact) mass is 268 g/mol. The van der Waals surface area contributed by atoms with E-state index in [0.29, 0.717) is 34.5 Å². The molecule has 0 spiro atoms. The summed E-state index contributed by atoms with van der Waals surface area (Å²) in [5.74, 6) is 1.46. The SMILES string of the molecule is CCc1noc(COc2c(Cl)cccc2CO)n1. The molecule has 0 aliphatic rings. The summed E-state index contributed by atoms with van der Waals surface area (Å²) in [6, 6.07) is 5.19. The highest BCUT2D eigenvalue weighted by molar-refractivity contribution is 6.32. The van der Waals surface area contributed by atoms with E-state index in [9.17, 15) is 5.11 Å². The van der Waals surface area contributed by atoms with Gasteiger partial charge in [0, 0.05) is 12.0 Å². The quantitative estimate of drug-likeness (QED) is 0.901. The lowest BCUT2D eigenvalue weighted by molar-refractivity contribution is 0.229. The summed E-state index contributed by atoms with van der Waals surface area (Å²) in [5.41, 5.74) is 0.623. The van der Waals surface area contributed by atoms with Crippen LogP contribution in [0.2, 0.25) is 5.02 Å². The number of halogens is 1. The summed E-state index contributed by atoms with van der Waals surface area (Å²) in [6.45, 7) is 1.93. The maximum absolute atomic E-state index is 9.19. The van der Waals surface area contributed by atoms with Crippen LogP contribution in [0.4, 0.5) is 0 Å². The topological polar surface area (TPSA) is 68.4 Å². The molecule has 1 aromatic carbocycles. The predicted octanol–water partition coefficient (Wildman–Crippen LogP) is 2.36. The Morgan fingerprint density at radius 1 is 1.44 bits per heavy atom. The van der Waals surface area contributed by atoms with Crippen molar-refractivity contribution in [1.82, 2.24) is 10.1 Å². The van der Waals surface area contributed by atoms with Gasteiger partial charge in [-0.3, -0.25) is 0 Å². The lowest BCUT2D eigenvalue weighted by Gasteiger charge is -2.09. The van der Waals surface area contributed by atoms with Gasteiger partial charge in [-0.2, -0.15) is 4.98 Å². The predicted molar refractivity (Wildman–Crippen MR) is 65.4 cm³/mol. The van der Waals surface area contributed by atoms with Gasteiger partial charge in [-0.1, -0.05) is 35.8 Å². The number of aliphatic hydroxyl groups excluding tert-OH is 1.